The highest BCUT2D eigenvalue weighted by Gasteiger charge is 2.12. The molecule has 0 saturated carbocycles. The molecule has 0 radical (unpaired) electrons. The molecule has 0 aliphatic rings. The number of rotatable bonds is 7. The first-order valence-corrected chi connectivity index (χ1v) is 7.14. The van der Waals surface area contributed by atoms with Crippen LogP contribution in [0.15, 0.2) is 36.4 Å². The van der Waals surface area contributed by atoms with E-state index in [1.165, 1.54) is 0 Å². The van der Waals surface area contributed by atoms with Gasteiger partial charge in [0.15, 0.2) is 0 Å². The quantitative estimate of drug-likeness (QED) is 0.782. The van der Waals surface area contributed by atoms with Crippen molar-refractivity contribution in [2.75, 3.05) is 19.8 Å². The van der Waals surface area contributed by atoms with Crippen molar-refractivity contribution in [2.24, 2.45) is 0 Å². The Morgan fingerprint density at radius 3 is 2.65 bits per heavy atom. The number of aliphatic hydroxyl groups is 1. The molecular weight excluding hydrogens is 252 g/mol. The summed E-state index contributed by atoms with van der Waals surface area (Å²) >= 11 is 0. The first-order valence-electron chi connectivity index (χ1n) is 7.14. The molecule has 1 atom stereocenters. The molecular formula is C17H22O3. The van der Waals surface area contributed by atoms with Gasteiger partial charge in [-0.2, -0.15) is 0 Å². The molecule has 108 valence electrons. The highest BCUT2D eigenvalue weighted by molar-refractivity contribution is 5.89. The Hall–Kier alpha value is -1.58. The van der Waals surface area contributed by atoms with E-state index in [4.69, 9.17) is 9.47 Å². The summed E-state index contributed by atoms with van der Waals surface area (Å²) in [5.41, 5.74) is 0.833. The smallest absolute Gasteiger partial charge is 0.132 e. The van der Waals surface area contributed by atoms with Crippen molar-refractivity contribution in [1.82, 2.24) is 0 Å². The number of fused-ring (bicyclic) bond motifs is 1. The summed E-state index contributed by atoms with van der Waals surface area (Å²) < 4.78 is 11.2. The molecule has 0 unspecified atom stereocenters. The molecule has 0 saturated heterocycles. The highest BCUT2D eigenvalue weighted by Crippen LogP contribution is 2.33. The van der Waals surface area contributed by atoms with Crippen LogP contribution in [0.4, 0.5) is 0 Å². The molecule has 0 aromatic heterocycles. The van der Waals surface area contributed by atoms with Gasteiger partial charge in [-0.05, 0) is 19.2 Å². The van der Waals surface area contributed by atoms with E-state index < -0.39 is 6.10 Å². The van der Waals surface area contributed by atoms with Gasteiger partial charge in [-0.15, -0.1) is 0 Å². The molecule has 0 fully saturated rings. The first-order chi connectivity index (χ1) is 9.74. The van der Waals surface area contributed by atoms with Gasteiger partial charge in [0.1, 0.15) is 5.75 Å². The van der Waals surface area contributed by atoms with E-state index in [9.17, 15) is 5.11 Å². The maximum atomic E-state index is 9.90. The Bertz CT molecular complexity index is 549. The van der Waals surface area contributed by atoms with Gasteiger partial charge in [0, 0.05) is 30.6 Å². The van der Waals surface area contributed by atoms with Gasteiger partial charge in [-0.3, -0.25) is 0 Å². The molecule has 1 N–H and O–H groups in total. The van der Waals surface area contributed by atoms with E-state index in [-0.39, 0.29) is 0 Å². The molecule has 20 heavy (non-hydrogen) atoms. The SMILES string of the molecule is CCOCCCOc1c([C@@H](C)O)ccc2ccccc12. The summed E-state index contributed by atoms with van der Waals surface area (Å²) in [6.45, 7) is 5.76. The fourth-order valence-corrected chi connectivity index (χ4v) is 2.23. The lowest BCUT2D eigenvalue weighted by molar-refractivity contribution is 0.130. The molecule has 0 aliphatic carbocycles. The van der Waals surface area contributed by atoms with Crippen molar-refractivity contribution in [2.45, 2.75) is 26.4 Å². The van der Waals surface area contributed by atoms with Gasteiger partial charge in [-0.1, -0.05) is 36.4 Å². The molecule has 2 aromatic rings. The van der Waals surface area contributed by atoms with E-state index in [2.05, 4.69) is 0 Å². The molecule has 2 aromatic carbocycles. The highest BCUT2D eigenvalue weighted by atomic mass is 16.5. The predicted molar refractivity (Wildman–Crippen MR) is 81.2 cm³/mol. The molecule has 0 heterocycles. The number of hydrogen-bond acceptors (Lipinski definition) is 3. The van der Waals surface area contributed by atoms with Crippen LogP contribution < -0.4 is 4.74 Å². The second kappa shape index (κ2) is 7.27. The van der Waals surface area contributed by atoms with Crippen LogP contribution in [0.3, 0.4) is 0 Å². The standard InChI is InChI=1S/C17H22O3/c1-3-19-11-6-12-20-17-15(13(2)18)10-9-14-7-4-5-8-16(14)17/h4-5,7-10,13,18H,3,6,11-12H2,1-2H3/t13-/m1/s1. The van der Waals surface area contributed by atoms with Gasteiger partial charge in [-0.25, -0.2) is 0 Å². The van der Waals surface area contributed by atoms with Crippen LogP contribution in [0.1, 0.15) is 31.9 Å². The zero-order valence-corrected chi connectivity index (χ0v) is 12.1. The van der Waals surface area contributed by atoms with Crippen LogP contribution in [0.2, 0.25) is 0 Å². The lowest BCUT2D eigenvalue weighted by Gasteiger charge is -2.16. The number of aliphatic hydroxyl groups excluding tert-OH is 1. The van der Waals surface area contributed by atoms with E-state index in [0.29, 0.717) is 13.2 Å². The van der Waals surface area contributed by atoms with Crippen molar-refractivity contribution >= 4 is 10.8 Å². The van der Waals surface area contributed by atoms with Crippen molar-refractivity contribution in [3.05, 3.63) is 42.0 Å². The van der Waals surface area contributed by atoms with Crippen LogP contribution in [0, 0.1) is 0 Å². The summed E-state index contributed by atoms with van der Waals surface area (Å²) in [6, 6.07) is 12.0. The average molecular weight is 274 g/mol. The third-order valence-corrected chi connectivity index (χ3v) is 3.24. The van der Waals surface area contributed by atoms with Gasteiger partial charge in [0.2, 0.25) is 0 Å². The Morgan fingerprint density at radius 1 is 1.10 bits per heavy atom. The largest absolute Gasteiger partial charge is 0.492 e. The third-order valence-electron chi connectivity index (χ3n) is 3.24. The topological polar surface area (TPSA) is 38.7 Å². The molecule has 2 rings (SSSR count). The predicted octanol–water partition coefficient (Wildman–Crippen LogP) is 3.70. The fourth-order valence-electron chi connectivity index (χ4n) is 2.23. The summed E-state index contributed by atoms with van der Waals surface area (Å²) in [5.74, 6) is 0.787. The molecule has 3 nitrogen and oxygen atoms in total. The van der Waals surface area contributed by atoms with Gasteiger partial charge < -0.3 is 14.6 Å². The number of benzene rings is 2. The third kappa shape index (κ3) is 3.50. The molecule has 0 bridgehead atoms. The fraction of sp³-hybridized carbons (Fsp3) is 0.412. The Labute approximate surface area is 120 Å². The van der Waals surface area contributed by atoms with E-state index in [1.54, 1.807) is 6.92 Å². The molecule has 0 amide bonds. The summed E-state index contributed by atoms with van der Waals surface area (Å²) in [6.07, 6.45) is 0.303. The Kier molecular flexibility index (Phi) is 5.39. The minimum Gasteiger partial charge on any atom is -0.492 e. The minimum absolute atomic E-state index is 0.540. The second-order valence-electron chi connectivity index (χ2n) is 4.78. The van der Waals surface area contributed by atoms with Crippen LogP contribution in [0.25, 0.3) is 10.8 Å². The Balaban J connectivity index is 2.21. The van der Waals surface area contributed by atoms with E-state index in [0.717, 1.165) is 35.1 Å². The number of ether oxygens (including phenoxy) is 2. The van der Waals surface area contributed by atoms with Crippen LogP contribution in [0.5, 0.6) is 5.75 Å². The van der Waals surface area contributed by atoms with Crippen molar-refractivity contribution in [3.8, 4) is 5.75 Å². The normalized spacial score (nSPS) is 12.6. The van der Waals surface area contributed by atoms with E-state index in [1.807, 2.05) is 43.3 Å². The maximum absolute atomic E-state index is 9.90. The zero-order valence-electron chi connectivity index (χ0n) is 12.1. The van der Waals surface area contributed by atoms with Crippen LogP contribution in [-0.4, -0.2) is 24.9 Å². The molecule has 3 heteroatoms. The minimum atomic E-state index is -0.540. The lowest BCUT2D eigenvalue weighted by atomic mass is 10.0. The maximum Gasteiger partial charge on any atom is 0.132 e. The van der Waals surface area contributed by atoms with Gasteiger partial charge >= 0.3 is 0 Å². The molecule has 0 aliphatic heterocycles. The summed E-state index contributed by atoms with van der Waals surface area (Å²) in [5, 5.41) is 12.1. The van der Waals surface area contributed by atoms with Crippen molar-refractivity contribution < 1.29 is 14.6 Å². The van der Waals surface area contributed by atoms with Gasteiger partial charge in [0.25, 0.3) is 0 Å². The monoisotopic (exact) mass is 274 g/mol. The summed E-state index contributed by atoms with van der Waals surface area (Å²) in [4.78, 5) is 0. The zero-order chi connectivity index (χ0) is 14.4. The average Bonchev–Trinajstić information content (AvgIpc) is 2.46. The van der Waals surface area contributed by atoms with Gasteiger partial charge in [0.05, 0.1) is 12.7 Å². The van der Waals surface area contributed by atoms with E-state index >= 15 is 0 Å². The lowest BCUT2D eigenvalue weighted by Crippen LogP contribution is -2.06. The Morgan fingerprint density at radius 2 is 1.90 bits per heavy atom. The second-order valence-corrected chi connectivity index (χ2v) is 4.78. The van der Waals surface area contributed by atoms with Crippen LogP contribution >= 0.6 is 0 Å². The van der Waals surface area contributed by atoms with Crippen LogP contribution in [-0.2, 0) is 4.74 Å². The molecule has 0 spiro atoms. The summed E-state index contributed by atoms with van der Waals surface area (Å²) in [7, 11) is 0. The first kappa shape index (κ1) is 14.8. The van der Waals surface area contributed by atoms with Crippen molar-refractivity contribution in [1.29, 1.82) is 0 Å². The van der Waals surface area contributed by atoms with Crippen molar-refractivity contribution in [3.63, 3.8) is 0 Å². The number of hydrogen-bond donors (Lipinski definition) is 1.